The Hall–Kier alpha value is -1.94. The number of aliphatic hydroxyl groups is 1. The topological polar surface area (TPSA) is 237 Å². The van der Waals surface area contributed by atoms with Crippen molar-refractivity contribution in [2.24, 2.45) is 11.8 Å². The number of rotatable bonds is 64. The molecule has 2 unspecified atom stereocenters. The maximum Gasteiger partial charge on any atom is 0.472 e. The summed E-state index contributed by atoms with van der Waals surface area (Å²) < 4.78 is 67.9. The maximum absolute atomic E-state index is 13.0. The highest BCUT2D eigenvalue weighted by Gasteiger charge is 2.30. The van der Waals surface area contributed by atoms with Crippen LogP contribution in [0.1, 0.15) is 324 Å². The number of esters is 4. The summed E-state index contributed by atoms with van der Waals surface area (Å²) in [6.07, 6.45) is 40.4. The third kappa shape index (κ3) is 59.0. The first-order valence-corrected chi connectivity index (χ1v) is 37.0. The Morgan fingerprint density at radius 1 is 0.321 bits per heavy atom. The molecule has 84 heavy (non-hydrogen) atoms. The van der Waals surface area contributed by atoms with Crippen molar-refractivity contribution in [3.63, 3.8) is 0 Å². The molecule has 0 rings (SSSR count). The lowest BCUT2D eigenvalue weighted by molar-refractivity contribution is -0.161. The van der Waals surface area contributed by atoms with Crippen LogP contribution in [0, 0.1) is 11.8 Å². The SMILES string of the molecule is CCCCCCCCCCCC(=O)O[C@H](COC(=O)CCCCCCCCC)COP(=O)(O)OC[C@H](O)COP(=O)(O)OC[C@@H](COC(=O)CCCCCCCCCCCCCC(C)C)OC(=O)CCCCCCCCCCCCCC(C)C. The van der Waals surface area contributed by atoms with Crippen LogP contribution in [0.25, 0.3) is 0 Å². The molecule has 0 aromatic rings. The minimum absolute atomic E-state index is 0.105. The van der Waals surface area contributed by atoms with Crippen LogP contribution >= 0.6 is 15.6 Å². The molecule has 0 aliphatic heterocycles. The van der Waals surface area contributed by atoms with Crippen molar-refractivity contribution in [2.45, 2.75) is 342 Å². The number of aliphatic hydroxyl groups excluding tert-OH is 1. The molecular formula is C65H126O17P2. The van der Waals surface area contributed by atoms with Gasteiger partial charge in [0.2, 0.25) is 0 Å². The quantitative estimate of drug-likeness (QED) is 0.0222. The third-order valence-electron chi connectivity index (χ3n) is 15.0. The summed E-state index contributed by atoms with van der Waals surface area (Å²) in [5.41, 5.74) is 0. The van der Waals surface area contributed by atoms with Crippen molar-refractivity contribution >= 4 is 39.5 Å². The molecule has 19 heteroatoms. The first kappa shape index (κ1) is 82.1. The first-order chi connectivity index (χ1) is 40.4. The van der Waals surface area contributed by atoms with Crippen LogP contribution in [-0.2, 0) is 65.4 Å². The first-order valence-electron chi connectivity index (χ1n) is 34.0. The summed E-state index contributed by atoms with van der Waals surface area (Å²) in [7, 11) is -9.88. The van der Waals surface area contributed by atoms with E-state index < -0.39 is 97.5 Å². The van der Waals surface area contributed by atoms with E-state index in [9.17, 15) is 43.2 Å². The van der Waals surface area contributed by atoms with E-state index >= 15 is 0 Å². The Morgan fingerprint density at radius 3 is 0.810 bits per heavy atom. The van der Waals surface area contributed by atoms with Crippen LogP contribution in [0.5, 0.6) is 0 Å². The molecule has 3 N–H and O–H groups in total. The van der Waals surface area contributed by atoms with Gasteiger partial charge in [-0.1, -0.05) is 273 Å². The van der Waals surface area contributed by atoms with E-state index in [1.807, 2.05) is 0 Å². The summed E-state index contributed by atoms with van der Waals surface area (Å²) >= 11 is 0. The van der Waals surface area contributed by atoms with Gasteiger partial charge in [0.1, 0.15) is 19.3 Å². The van der Waals surface area contributed by atoms with Crippen LogP contribution in [-0.4, -0.2) is 96.7 Å². The van der Waals surface area contributed by atoms with Gasteiger partial charge in [-0.05, 0) is 37.5 Å². The second kappa shape index (κ2) is 57.5. The van der Waals surface area contributed by atoms with Gasteiger partial charge in [0.25, 0.3) is 0 Å². The van der Waals surface area contributed by atoms with Gasteiger partial charge in [-0.25, -0.2) is 9.13 Å². The molecule has 0 saturated carbocycles. The lowest BCUT2D eigenvalue weighted by Crippen LogP contribution is -2.30. The zero-order chi connectivity index (χ0) is 62.2. The van der Waals surface area contributed by atoms with Crippen molar-refractivity contribution < 1.29 is 80.2 Å². The highest BCUT2D eigenvalue weighted by Crippen LogP contribution is 2.45. The van der Waals surface area contributed by atoms with Crippen LogP contribution in [0.15, 0.2) is 0 Å². The number of carbonyl (C=O) groups is 4. The van der Waals surface area contributed by atoms with Gasteiger partial charge >= 0.3 is 39.5 Å². The molecule has 0 aliphatic rings. The van der Waals surface area contributed by atoms with Gasteiger partial charge in [0, 0.05) is 25.7 Å². The van der Waals surface area contributed by atoms with Gasteiger partial charge in [0.05, 0.1) is 26.4 Å². The van der Waals surface area contributed by atoms with E-state index in [-0.39, 0.29) is 25.7 Å². The number of unbranched alkanes of at least 4 members (excludes halogenated alkanes) is 34. The van der Waals surface area contributed by atoms with E-state index in [4.69, 9.17) is 37.0 Å². The van der Waals surface area contributed by atoms with E-state index in [1.54, 1.807) is 0 Å². The summed E-state index contributed by atoms with van der Waals surface area (Å²) in [5, 5.41) is 10.5. The summed E-state index contributed by atoms with van der Waals surface area (Å²) in [6, 6.07) is 0. The van der Waals surface area contributed by atoms with Crippen LogP contribution < -0.4 is 0 Å². The second-order valence-corrected chi connectivity index (χ2v) is 27.4. The molecule has 0 aromatic carbocycles. The van der Waals surface area contributed by atoms with Crippen LogP contribution in [0.3, 0.4) is 0 Å². The highest BCUT2D eigenvalue weighted by atomic mass is 31.2. The minimum atomic E-state index is -4.95. The van der Waals surface area contributed by atoms with Gasteiger partial charge < -0.3 is 33.8 Å². The molecule has 0 fully saturated rings. The number of hydrogen-bond donors (Lipinski definition) is 3. The Kier molecular flexibility index (Phi) is 56.2. The predicted molar refractivity (Wildman–Crippen MR) is 335 cm³/mol. The zero-order valence-corrected chi connectivity index (χ0v) is 56.0. The average Bonchev–Trinajstić information content (AvgIpc) is 3.61. The van der Waals surface area contributed by atoms with E-state index in [0.717, 1.165) is 115 Å². The summed E-state index contributed by atoms with van der Waals surface area (Å²) in [4.78, 5) is 72.1. The molecule has 0 saturated heterocycles. The van der Waals surface area contributed by atoms with Crippen molar-refractivity contribution in [1.82, 2.24) is 0 Å². The Morgan fingerprint density at radius 2 is 0.548 bits per heavy atom. The van der Waals surface area contributed by atoms with E-state index in [1.165, 1.54) is 128 Å². The molecule has 0 aromatic heterocycles. The van der Waals surface area contributed by atoms with Crippen LogP contribution in [0.2, 0.25) is 0 Å². The fourth-order valence-electron chi connectivity index (χ4n) is 9.71. The fourth-order valence-corrected chi connectivity index (χ4v) is 11.3. The lowest BCUT2D eigenvalue weighted by Gasteiger charge is -2.21. The maximum atomic E-state index is 13.0. The minimum Gasteiger partial charge on any atom is -0.462 e. The zero-order valence-electron chi connectivity index (χ0n) is 54.2. The monoisotopic (exact) mass is 1240 g/mol. The van der Waals surface area contributed by atoms with Crippen LogP contribution in [0.4, 0.5) is 0 Å². The van der Waals surface area contributed by atoms with Crippen molar-refractivity contribution in [3.8, 4) is 0 Å². The highest BCUT2D eigenvalue weighted by molar-refractivity contribution is 7.47. The molecule has 0 heterocycles. The standard InChI is InChI=1S/C65H126O17P2/c1-7-9-11-13-15-22-31-37-43-49-64(69)81-60(53-75-62(67)47-41-35-27-14-12-10-8-2)55-79-83(71,72)77-51-59(66)52-78-84(73,74)80-56-61(82-65(70)50-44-38-32-26-21-17-19-24-29-34-40-46-58(5)6)54-76-63(68)48-42-36-30-25-20-16-18-23-28-33-39-45-57(3)4/h57-61,66H,7-56H2,1-6H3,(H,71,72)(H,73,74)/t59-,60+,61+/m0/s1. The van der Waals surface area contributed by atoms with Crippen molar-refractivity contribution in [3.05, 3.63) is 0 Å². The fraction of sp³-hybridized carbons (Fsp3) is 0.938. The number of carbonyl (C=O) groups excluding carboxylic acids is 4. The number of hydrogen-bond acceptors (Lipinski definition) is 15. The van der Waals surface area contributed by atoms with E-state index in [0.29, 0.717) is 25.7 Å². The largest absolute Gasteiger partial charge is 0.472 e. The van der Waals surface area contributed by atoms with Crippen molar-refractivity contribution in [1.29, 1.82) is 0 Å². The number of ether oxygens (including phenoxy) is 4. The smallest absolute Gasteiger partial charge is 0.462 e. The molecule has 498 valence electrons. The second-order valence-electron chi connectivity index (χ2n) is 24.5. The third-order valence-corrected chi connectivity index (χ3v) is 16.9. The Balaban J connectivity index is 5.21. The predicted octanol–water partition coefficient (Wildman–Crippen LogP) is 18.0. The molecule has 0 radical (unpaired) electrons. The van der Waals surface area contributed by atoms with Gasteiger partial charge in [-0.3, -0.25) is 37.3 Å². The van der Waals surface area contributed by atoms with Gasteiger partial charge in [0.15, 0.2) is 12.2 Å². The number of phosphoric acid groups is 2. The number of phosphoric ester groups is 2. The summed E-state index contributed by atoms with van der Waals surface area (Å²) in [6.45, 7) is 9.46. The molecule has 0 spiro atoms. The van der Waals surface area contributed by atoms with E-state index in [2.05, 4.69) is 41.5 Å². The molecular weight excluding hydrogens is 1110 g/mol. The van der Waals surface area contributed by atoms with Gasteiger partial charge in [-0.2, -0.15) is 0 Å². The summed E-state index contributed by atoms with van der Waals surface area (Å²) in [5.74, 6) is -0.600. The Labute approximate surface area is 511 Å². The molecule has 0 bridgehead atoms. The normalized spacial score (nSPS) is 14.3. The molecule has 5 atom stereocenters. The molecule has 17 nitrogen and oxygen atoms in total. The average molecular weight is 1240 g/mol. The molecule has 0 aliphatic carbocycles. The van der Waals surface area contributed by atoms with Gasteiger partial charge in [-0.15, -0.1) is 0 Å². The molecule has 0 amide bonds. The lowest BCUT2D eigenvalue weighted by atomic mass is 10.0. The van der Waals surface area contributed by atoms with Crippen molar-refractivity contribution in [2.75, 3.05) is 39.6 Å². The Bertz CT molecular complexity index is 1650.